The van der Waals surface area contributed by atoms with Gasteiger partial charge in [0.25, 0.3) is 5.22 Å². The van der Waals surface area contributed by atoms with Gasteiger partial charge in [0.1, 0.15) is 11.5 Å². The maximum Gasteiger partial charge on any atom is 0.353 e. The van der Waals surface area contributed by atoms with Crippen LogP contribution in [-0.4, -0.2) is 54.3 Å². The normalized spacial score (nSPS) is 12.2. The first-order valence-electron chi connectivity index (χ1n) is 11.0. The van der Waals surface area contributed by atoms with Gasteiger partial charge in [0, 0.05) is 23.5 Å². The van der Waals surface area contributed by atoms with Crippen molar-refractivity contribution in [3.05, 3.63) is 48.3 Å². The number of aromatic nitrogens is 3. The number of rotatable bonds is 14. The summed E-state index contributed by atoms with van der Waals surface area (Å²) in [6, 6.07) is 8.48. The number of carbonyl (C=O) groups is 1. The molecule has 0 aliphatic heterocycles. The summed E-state index contributed by atoms with van der Waals surface area (Å²) < 4.78 is 41.2. The molecule has 1 atom stereocenters. The summed E-state index contributed by atoms with van der Waals surface area (Å²) in [4.78, 5) is 16.6. The van der Waals surface area contributed by atoms with E-state index < -0.39 is 19.3 Å². The molecule has 2 N–H and O–H groups in total. The average molecular weight is 538 g/mol. The first-order chi connectivity index (χ1) is 17.4. The van der Waals surface area contributed by atoms with Gasteiger partial charge in [-0.1, -0.05) is 11.8 Å². The average Bonchev–Trinajstić information content (AvgIpc) is 3.37. The van der Waals surface area contributed by atoms with Crippen LogP contribution in [0.2, 0.25) is 0 Å². The van der Waals surface area contributed by atoms with Gasteiger partial charge in [0.15, 0.2) is 5.78 Å². The summed E-state index contributed by atoms with van der Waals surface area (Å²) in [5.74, 6) is -0.349. The Balaban J connectivity index is 1.73. The Morgan fingerprint density at radius 3 is 2.44 bits per heavy atom. The van der Waals surface area contributed by atoms with Crippen molar-refractivity contribution in [3.8, 4) is 23.0 Å². The third kappa shape index (κ3) is 7.05. The van der Waals surface area contributed by atoms with Crippen molar-refractivity contribution in [2.24, 2.45) is 0 Å². The zero-order chi connectivity index (χ0) is 26.0. The molecular weight excluding hydrogens is 509 g/mol. The lowest BCUT2D eigenvalue weighted by molar-refractivity contribution is -0.119. The fourth-order valence-corrected chi connectivity index (χ4v) is 5.54. The molecule has 0 saturated carbocycles. The lowest BCUT2D eigenvalue weighted by atomic mass is 10.2. The van der Waals surface area contributed by atoms with Crippen molar-refractivity contribution < 1.29 is 32.3 Å². The van der Waals surface area contributed by atoms with Gasteiger partial charge in [-0.25, -0.2) is 5.43 Å². The van der Waals surface area contributed by atoms with Crippen LogP contribution < -0.4 is 20.3 Å². The highest BCUT2D eigenvalue weighted by molar-refractivity contribution is 7.99. The molecule has 0 radical (unpaired) electrons. The molecule has 0 fully saturated rings. The molecule has 3 aromatic rings. The predicted octanol–water partition coefficient (Wildman–Crippen LogP) is 3.83. The van der Waals surface area contributed by atoms with E-state index >= 15 is 0 Å². The standard InChI is InChI=1S/C22H28N5O7PS/c1-5-32-35(29,33-6-2)21(17-13-16(30-3)7-8-18(17)31-4)26-24-19(28)14-36-22-27-25-20(34-22)15-9-11-23-12-10-15/h7-13,21,26H,5-6,14H2,1-4H3,(H,24,28). The summed E-state index contributed by atoms with van der Waals surface area (Å²) in [7, 11) is -0.810. The van der Waals surface area contributed by atoms with Gasteiger partial charge < -0.3 is 22.9 Å². The highest BCUT2D eigenvalue weighted by atomic mass is 32.2. The minimum absolute atomic E-state index is 0.0550. The number of carbonyl (C=O) groups excluding carboxylic acids is 1. The Morgan fingerprint density at radius 1 is 1.08 bits per heavy atom. The Labute approximate surface area is 213 Å². The van der Waals surface area contributed by atoms with Gasteiger partial charge in [-0.2, -0.15) is 0 Å². The van der Waals surface area contributed by atoms with E-state index in [-0.39, 0.29) is 24.2 Å². The second-order valence-corrected chi connectivity index (χ2v) is 10.0. The predicted molar refractivity (Wildman–Crippen MR) is 133 cm³/mol. The largest absolute Gasteiger partial charge is 0.497 e. The van der Waals surface area contributed by atoms with E-state index in [0.717, 1.165) is 11.8 Å². The van der Waals surface area contributed by atoms with Gasteiger partial charge in [-0.3, -0.25) is 19.8 Å². The van der Waals surface area contributed by atoms with Crippen molar-refractivity contribution in [3.63, 3.8) is 0 Å². The molecule has 0 spiro atoms. The molecule has 1 unspecified atom stereocenters. The highest BCUT2D eigenvalue weighted by Gasteiger charge is 2.39. The lowest BCUT2D eigenvalue weighted by Crippen LogP contribution is -2.41. The Bertz CT molecular complexity index is 1170. The van der Waals surface area contributed by atoms with Crippen LogP contribution in [0.4, 0.5) is 0 Å². The molecule has 3 rings (SSSR count). The van der Waals surface area contributed by atoms with E-state index in [2.05, 4.69) is 26.0 Å². The Morgan fingerprint density at radius 2 is 1.81 bits per heavy atom. The molecule has 0 aliphatic carbocycles. The fourth-order valence-electron chi connectivity index (χ4n) is 3.12. The molecule has 0 bridgehead atoms. The molecule has 1 amide bonds. The highest BCUT2D eigenvalue weighted by Crippen LogP contribution is 2.60. The van der Waals surface area contributed by atoms with Crippen LogP contribution in [0.15, 0.2) is 52.4 Å². The Kier molecular flexibility index (Phi) is 10.3. The van der Waals surface area contributed by atoms with Gasteiger partial charge in [0.05, 0.1) is 33.2 Å². The summed E-state index contributed by atoms with van der Waals surface area (Å²) in [5.41, 5.74) is 6.51. The van der Waals surface area contributed by atoms with Gasteiger partial charge in [-0.05, 0) is 44.2 Å². The number of methoxy groups -OCH3 is 2. The number of nitrogens with zero attached hydrogens (tertiary/aromatic N) is 3. The molecule has 12 nitrogen and oxygen atoms in total. The van der Waals surface area contributed by atoms with Crippen molar-refractivity contribution in [2.45, 2.75) is 24.9 Å². The SMILES string of the molecule is CCOP(=O)(OCC)C(NNC(=O)CSc1nnc(-c2ccncc2)o1)c1cc(OC)ccc1OC. The van der Waals surface area contributed by atoms with Crippen molar-refractivity contribution >= 4 is 25.3 Å². The second-order valence-electron chi connectivity index (χ2n) is 6.98. The molecule has 2 heterocycles. The first-order valence-corrected chi connectivity index (χ1v) is 13.6. The van der Waals surface area contributed by atoms with Crippen LogP contribution in [0.3, 0.4) is 0 Å². The van der Waals surface area contributed by atoms with E-state index in [9.17, 15) is 9.36 Å². The third-order valence-corrected chi connectivity index (χ3v) is 7.77. The number of hydrazine groups is 1. The van der Waals surface area contributed by atoms with Crippen LogP contribution in [-0.2, 0) is 18.4 Å². The van der Waals surface area contributed by atoms with Crippen LogP contribution in [0, 0.1) is 0 Å². The van der Waals surface area contributed by atoms with E-state index in [1.54, 1.807) is 56.6 Å². The third-order valence-electron chi connectivity index (χ3n) is 4.67. The number of hydrogen-bond acceptors (Lipinski definition) is 12. The van der Waals surface area contributed by atoms with Crippen LogP contribution >= 0.6 is 19.4 Å². The number of hydrogen-bond donors (Lipinski definition) is 2. The van der Waals surface area contributed by atoms with Gasteiger partial charge in [0.2, 0.25) is 11.8 Å². The molecule has 14 heteroatoms. The van der Waals surface area contributed by atoms with E-state index in [1.807, 2.05) is 0 Å². The summed E-state index contributed by atoms with van der Waals surface area (Å²) in [5, 5.41) is 8.15. The number of amides is 1. The van der Waals surface area contributed by atoms with Crippen molar-refractivity contribution in [1.29, 1.82) is 0 Å². The van der Waals surface area contributed by atoms with E-state index in [1.165, 1.54) is 14.2 Å². The smallest absolute Gasteiger partial charge is 0.353 e. The molecule has 2 aromatic heterocycles. The van der Waals surface area contributed by atoms with Crippen LogP contribution in [0.25, 0.3) is 11.5 Å². The maximum absolute atomic E-state index is 13.7. The number of nitrogens with one attached hydrogen (secondary N) is 2. The summed E-state index contributed by atoms with van der Waals surface area (Å²) >= 11 is 1.05. The molecule has 36 heavy (non-hydrogen) atoms. The van der Waals surface area contributed by atoms with E-state index in [0.29, 0.717) is 28.5 Å². The quantitative estimate of drug-likeness (QED) is 0.175. The zero-order valence-corrected chi connectivity index (χ0v) is 22.0. The topological polar surface area (TPSA) is 147 Å². The number of pyridine rings is 1. The van der Waals surface area contributed by atoms with Crippen molar-refractivity contribution in [1.82, 2.24) is 26.0 Å². The van der Waals surface area contributed by atoms with Crippen molar-refractivity contribution in [2.75, 3.05) is 33.2 Å². The van der Waals surface area contributed by atoms with Crippen LogP contribution in [0.5, 0.6) is 11.5 Å². The monoisotopic (exact) mass is 537 g/mol. The molecule has 0 aliphatic rings. The number of ether oxygens (including phenoxy) is 2. The first kappa shape index (κ1) is 27.6. The number of thioether (sulfide) groups is 1. The van der Waals surface area contributed by atoms with E-state index in [4.69, 9.17) is 22.9 Å². The number of benzene rings is 1. The van der Waals surface area contributed by atoms with Gasteiger partial charge >= 0.3 is 7.60 Å². The molecule has 1 aromatic carbocycles. The minimum Gasteiger partial charge on any atom is -0.497 e. The summed E-state index contributed by atoms with van der Waals surface area (Å²) in [6.45, 7) is 3.65. The van der Waals surface area contributed by atoms with Gasteiger partial charge in [-0.15, -0.1) is 10.2 Å². The molecular formula is C22H28N5O7PS. The fraction of sp³-hybridized carbons (Fsp3) is 0.364. The minimum atomic E-state index is -3.80. The maximum atomic E-state index is 13.7. The zero-order valence-electron chi connectivity index (χ0n) is 20.3. The van der Waals surface area contributed by atoms with Crippen LogP contribution in [0.1, 0.15) is 25.2 Å². The summed E-state index contributed by atoms with van der Waals surface area (Å²) in [6.07, 6.45) is 3.23. The second kappa shape index (κ2) is 13.4. The molecule has 194 valence electrons. The molecule has 0 saturated heterocycles. The lowest BCUT2D eigenvalue weighted by Gasteiger charge is -2.28. The Hall–Kier alpha value is -2.96.